The second kappa shape index (κ2) is 8.10. The number of aryl methyl sites for hydroxylation is 1. The fourth-order valence-corrected chi connectivity index (χ4v) is 3.95. The number of aromatic nitrogens is 1. The van der Waals surface area contributed by atoms with E-state index in [2.05, 4.69) is 49.0 Å². The first kappa shape index (κ1) is 18.6. The van der Waals surface area contributed by atoms with Gasteiger partial charge in [0.25, 0.3) is 0 Å². The number of hydrogen-bond donors (Lipinski definition) is 2. The van der Waals surface area contributed by atoms with Gasteiger partial charge in [0.15, 0.2) is 5.76 Å². The molecule has 2 aliphatic heterocycles. The molecule has 1 amide bonds. The lowest BCUT2D eigenvalue weighted by Gasteiger charge is -2.35. The number of nitrogens with one attached hydrogen (secondary N) is 2. The van der Waals surface area contributed by atoms with Gasteiger partial charge in [0.1, 0.15) is 6.04 Å². The Hall–Kier alpha value is -1.74. The molecule has 0 bridgehead atoms. The average molecular weight is 434 g/mol. The van der Waals surface area contributed by atoms with Gasteiger partial charge in [-0.3, -0.25) is 9.69 Å². The Morgan fingerprint density at radius 3 is 2.63 bits per heavy atom. The monoisotopic (exact) mass is 433 g/mol. The number of halogens is 1. The molecule has 7 nitrogen and oxygen atoms in total. The molecule has 1 aromatic heterocycles. The van der Waals surface area contributed by atoms with E-state index in [-0.39, 0.29) is 18.0 Å². The highest BCUT2D eigenvalue weighted by Gasteiger charge is 2.34. The molecule has 2 aliphatic rings. The van der Waals surface area contributed by atoms with Crippen LogP contribution < -0.4 is 10.9 Å². The van der Waals surface area contributed by atoms with Crippen molar-refractivity contribution in [3.63, 3.8) is 0 Å². The Bertz CT molecular complexity index is 786. The maximum atomic E-state index is 12.9. The van der Waals surface area contributed by atoms with Crippen molar-refractivity contribution in [1.82, 2.24) is 25.8 Å². The molecule has 2 saturated heterocycles. The molecule has 0 radical (unpaired) electrons. The maximum absolute atomic E-state index is 12.9. The molecule has 8 heteroatoms. The quantitative estimate of drug-likeness (QED) is 0.767. The van der Waals surface area contributed by atoms with Crippen LogP contribution in [0.4, 0.5) is 0 Å². The van der Waals surface area contributed by atoms with Gasteiger partial charge in [-0.2, -0.15) is 0 Å². The molecule has 27 heavy (non-hydrogen) atoms. The molecule has 2 N–H and O–H groups in total. The van der Waals surface area contributed by atoms with Crippen molar-refractivity contribution >= 4 is 21.8 Å². The van der Waals surface area contributed by atoms with Crippen LogP contribution in [0, 0.1) is 6.92 Å². The Labute approximate surface area is 167 Å². The van der Waals surface area contributed by atoms with Crippen LogP contribution in [0.15, 0.2) is 39.3 Å². The van der Waals surface area contributed by atoms with Crippen LogP contribution in [-0.4, -0.2) is 53.1 Å². The van der Waals surface area contributed by atoms with Gasteiger partial charge >= 0.3 is 0 Å². The number of benzene rings is 1. The zero-order chi connectivity index (χ0) is 18.8. The number of hydrogen-bond acceptors (Lipinski definition) is 6. The molecule has 4 rings (SSSR count). The summed E-state index contributed by atoms with van der Waals surface area (Å²) < 4.78 is 6.35. The predicted octanol–water partition coefficient (Wildman–Crippen LogP) is 2.00. The molecular weight excluding hydrogens is 410 g/mol. The van der Waals surface area contributed by atoms with Gasteiger partial charge in [-0.15, -0.1) is 0 Å². The van der Waals surface area contributed by atoms with Gasteiger partial charge in [0, 0.05) is 42.8 Å². The minimum absolute atomic E-state index is 0.156. The molecule has 144 valence electrons. The summed E-state index contributed by atoms with van der Waals surface area (Å²) in [6.07, 6.45) is 0.762. The van der Waals surface area contributed by atoms with Gasteiger partial charge in [0.05, 0.1) is 12.2 Å². The third kappa shape index (κ3) is 4.40. The number of carbonyl (C=O) groups excluding carboxylic acids is 1. The van der Waals surface area contributed by atoms with E-state index in [9.17, 15) is 4.79 Å². The highest BCUT2D eigenvalue weighted by atomic mass is 79.9. The molecule has 0 saturated carbocycles. The van der Waals surface area contributed by atoms with Gasteiger partial charge in [-0.1, -0.05) is 33.2 Å². The normalized spacial score (nSPS) is 23.7. The van der Waals surface area contributed by atoms with E-state index in [1.54, 1.807) is 0 Å². The van der Waals surface area contributed by atoms with E-state index in [1.165, 1.54) is 5.56 Å². The Morgan fingerprint density at radius 2 is 1.96 bits per heavy atom. The Balaban J connectivity index is 1.27. The highest BCUT2D eigenvalue weighted by Crippen LogP contribution is 2.25. The molecular formula is C19H24BrN5O2. The van der Waals surface area contributed by atoms with Crippen LogP contribution in [0.3, 0.4) is 0 Å². The number of carbonyl (C=O) groups is 1. The number of hydrazine groups is 1. The number of rotatable bonds is 4. The van der Waals surface area contributed by atoms with Crippen molar-refractivity contribution in [2.45, 2.75) is 32.0 Å². The zero-order valence-electron chi connectivity index (χ0n) is 15.3. The minimum atomic E-state index is -0.179. The highest BCUT2D eigenvalue weighted by molar-refractivity contribution is 9.10. The summed E-state index contributed by atoms with van der Waals surface area (Å²) in [6, 6.07) is 10.2. The smallest absolute Gasteiger partial charge is 0.241 e. The summed E-state index contributed by atoms with van der Waals surface area (Å²) in [4.78, 5) is 17.1. The molecule has 3 heterocycles. The van der Waals surface area contributed by atoms with Gasteiger partial charge in [-0.25, -0.2) is 10.9 Å². The van der Waals surface area contributed by atoms with E-state index < -0.39 is 0 Å². The first-order valence-electron chi connectivity index (χ1n) is 9.28. The SMILES string of the molecule is Cc1cc(CN2CCN(C(=O)C3CC(c4ccc(Br)cc4)NN3)CC2)on1. The largest absolute Gasteiger partial charge is 0.360 e. The van der Waals surface area contributed by atoms with Crippen molar-refractivity contribution in [2.75, 3.05) is 26.2 Å². The molecule has 1 aromatic carbocycles. The first-order valence-corrected chi connectivity index (χ1v) is 10.1. The second-order valence-corrected chi connectivity index (χ2v) is 8.13. The zero-order valence-corrected chi connectivity index (χ0v) is 16.9. The first-order chi connectivity index (χ1) is 13.1. The van der Waals surface area contributed by atoms with E-state index in [0.717, 1.165) is 55.1 Å². The van der Waals surface area contributed by atoms with Gasteiger partial charge < -0.3 is 9.42 Å². The third-order valence-corrected chi connectivity index (χ3v) is 5.74. The van der Waals surface area contributed by atoms with E-state index >= 15 is 0 Å². The topological polar surface area (TPSA) is 73.6 Å². The van der Waals surface area contributed by atoms with Crippen LogP contribution >= 0.6 is 15.9 Å². The van der Waals surface area contributed by atoms with Crippen molar-refractivity contribution in [1.29, 1.82) is 0 Å². The van der Waals surface area contributed by atoms with Crippen molar-refractivity contribution in [3.8, 4) is 0 Å². The summed E-state index contributed by atoms with van der Waals surface area (Å²) in [7, 11) is 0. The maximum Gasteiger partial charge on any atom is 0.241 e. The fourth-order valence-electron chi connectivity index (χ4n) is 3.69. The predicted molar refractivity (Wildman–Crippen MR) is 105 cm³/mol. The summed E-state index contributed by atoms with van der Waals surface area (Å²) in [6.45, 7) is 5.86. The summed E-state index contributed by atoms with van der Waals surface area (Å²) in [5, 5.41) is 3.93. The lowest BCUT2D eigenvalue weighted by atomic mass is 10.0. The summed E-state index contributed by atoms with van der Waals surface area (Å²) >= 11 is 3.46. The standard InChI is InChI=1S/C19H24BrN5O2/c1-13-10-16(27-23-13)12-24-6-8-25(9-7-24)19(26)18-11-17(21-22-18)14-2-4-15(20)5-3-14/h2-5,10,17-18,21-22H,6-9,11-12H2,1H3. The van der Waals surface area contributed by atoms with Crippen molar-refractivity contribution < 1.29 is 9.32 Å². The van der Waals surface area contributed by atoms with E-state index in [1.807, 2.05) is 30.0 Å². The molecule has 2 fully saturated rings. The van der Waals surface area contributed by atoms with Crippen molar-refractivity contribution in [2.24, 2.45) is 0 Å². The van der Waals surface area contributed by atoms with E-state index in [0.29, 0.717) is 0 Å². The van der Waals surface area contributed by atoms with Gasteiger partial charge in [0.2, 0.25) is 5.91 Å². The number of piperazine rings is 1. The Kier molecular flexibility index (Phi) is 5.58. The Morgan fingerprint density at radius 1 is 1.22 bits per heavy atom. The molecule has 2 aromatic rings. The molecule has 2 unspecified atom stereocenters. The summed E-state index contributed by atoms with van der Waals surface area (Å²) in [5.74, 6) is 1.06. The van der Waals surface area contributed by atoms with Gasteiger partial charge in [-0.05, 0) is 31.0 Å². The lowest BCUT2D eigenvalue weighted by Crippen LogP contribution is -2.53. The minimum Gasteiger partial charge on any atom is -0.360 e. The van der Waals surface area contributed by atoms with Crippen LogP contribution in [-0.2, 0) is 11.3 Å². The average Bonchev–Trinajstić information content (AvgIpc) is 3.32. The van der Waals surface area contributed by atoms with Crippen LogP contribution in [0.1, 0.15) is 29.5 Å². The number of amides is 1. The van der Waals surface area contributed by atoms with E-state index in [4.69, 9.17) is 4.52 Å². The second-order valence-electron chi connectivity index (χ2n) is 7.22. The molecule has 0 aliphatic carbocycles. The fraction of sp³-hybridized carbons (Fsp3) is 0.474. The lowest BCUT2D eigenvalue weighted by molar-refractivity contribution is -0.135. The van der Waals surface area contributed by atoms with Crippen LogP contribution in [0.5, 0.6) is 0 Å². The molecule has 0 spiro atoms. The van der Waals surface area contributed by atoms with Crippen LogP contribution in [0.2, 0.25) is 0 Å². The van der Waals surface area contributed by atoms with Crippen LogP contribution in [0.25, 0.3) is 0 Å². The summed E-state index contributed by atoms with van der Waals surface area (Å²) in [5.41, 5.74) is 8.53. The van der Waals surface area contributed by atoms with Crippen molar-refractivity contribution in [3.05, 3.63) is 51.8 Å². The molecule has 2 atom stereocenters. The number of nitrogens with zero attached hydrogens (tertiary/aromatic N) is 3. The third-order valence-electron chi connectivity index (χ3n) is 5.21.